The van der Waals surface area contributed by atoms with Crippen molar-refractivity contribution in [2.24, 2.45) is 11.8 Å². The van der Waals surface area contributed by atoms with E-state index in [0.29, 0.717) is 6.29 Å². The zero-order chi connectivity index (χ0) is 21.8. The SMILES string of the molecule is C=C(C=O)CO.CCCCCc1ccc(C2CCC(C3CCC(O)CC3)CC2)cc1. The first-order valence-corrected chi connectivity index (χ1v) is 12.1. The maximum absolute atomic E-state index is 9.71. The smallest absolute Gasteiger partial charge is 0.147 e. The summed E-state index contributed by atoms with van der Waals surface area (Å²) in [5.74, 6) is 2.62. The molecule has 3 heteroatoms. The highest BCUT2D eigenvalue weighted by atomic mass is 16.3. The van der Waals surface area contributed by atoms with Crippen molar-refractivity contribution < 1.29 is 15.0 Å². The number of aldehydes is 1. The van der Waals surface area contributed by atoms with Crippen LogP contribution in [0.2, 0.25) is 0 Å². The first kappa shape index (κ1) is 24.8. The molecule has 3 nitrogen and oxygen atoms in total. The highest BCUT2D eigenvalue weighted by Crippen LogP contribution is 2.42. The Morgan fingerprint density at radius 1 is 0.967 bits per heavy atom. The second-order valence-electron chi connectivity index (χ2n) is 9.31. The molecule has 0 saturated heterocycles. The Hall–Kier alpha value is -1.45. The Morgan fingerprint density at radius 3 is 2.00 bits per heavy atom. The van der Waals surface area contributed by atoms with Gasteiger partial charge in [-0.3, -0.25) is 4.79 Å². The Kier molecular flexibility index (Phi) is 11.4. The predicted molar refractivity (Wildman–Crippen MR) is 125 cm³/mol. The molecule has 2 aliphatic carbocycles. The van der Waals surface area contributed by atoms with Crippen LogP contribution in [0.3, 0.4) is 0 Å². The van der Waals surface area contributed by atoms with E-state index in [1.54, 1.807) is 5.56 Å². The molecule has 1 aromatic rings. The lowest BCUT2D eigenvalue weighted by molar-refractivity contribution is -0.105. The second-order valence-corrected chi connectivity index (χ2v) is 9.31. The van der Waals surface area contributed by atoms with E-state index in [0.717, 1.165) is 30.6 Å². The largest absolute Gasteiger partial charge is 0.393 e. The van der Waals surface area contributed by atoms with Crippen molar-refractivity contribution in [1.29, 1.82) is 0 Å². The molecular formula is C27H42O3. The fourth-order valence-electron chi connectivity index (χ4n) is 5.07. The average Bonchev–Trinajstić information content (AvgIpc) is 2.80. The van der Waals surface area contributed by atoms with E-state index < -0.39 is 0 Å². The summed E-state index contributed by atoms with van der Waals surface area (Å²) in [5, 5.41) is 17.7. The highest BCUT2D eigenvalue weighted by Gasteiger charge is 2.30. The fraction of sp³-hybridized carbons (Fsp3) is 0.667. The second kappa shape index (κ2) is 13.8. The molecule has 30 heavy (non-hydrogen) atoms. The Bertz CT molecular complexity index is 606. The topological polar surface area (TPSA) is 57.5 Å². The molecule has 0 radical (unpaired) electrons. The molecule has 2 N–H and O–H groups in total. The van der Waals surface area contributed by atoms with Crippen LogP contribution in [-0.4, -0.2) is 29.2 Å². The third-order valence-corrected chi connectivity index (χ3v) is 7.07. The quantitative estimate of drug-likeness (QED) is 0.313. The van der Waals surface area contributed by atoms with E-state index in [4.69, 9.17) is 5.11 Å². The summed E-state index contributed by atoms with van der Waals surface area (Å²) in [6.45, 7) is 5.21. The van der Waals surface area contributed by atoms with Gasteiger partial charge in [0.1, 0.15) is 6.29 Å². The van der Waals surface area contributed by atoms with Gasteiger partial charge < -0.3 is 10.2 Å². The molecule has 0 bridgehead atoms. The minimum atomic E-state index is -0.233. The van der Waals surface area contributed by atoms with Crippen molar-refractivity contribution in [3.63, 3.8) is 0 Å². The monoisotopic (exact) mass is 414 g/mol. The number of benzene rings is 1. The van der Waals surface area contributed by atoms with Crippen LogP contribution >= 0.6 is 0 Å². The molecule has 1 aromatic carbocycles. The van der Waals surface area contributed by atoms with Crippen LogP contribution in [0.25, 0.3) is 0 Å². The van der Waals surface area contributed by atoms with Crippen LogP contribution < -0.4 is 0 Å². The van der Waals surface area contributed by atoms with Gasteiger partial charge in [-0.2, -0.15) is 0 Å². The molecule has 0 spiro atoms. The molecule has 2 fully saturated rings. The molecule has 3 rings (SSSR count). The van der Waals surface area contributed by atoms with Gasteiger partial charge in [0.05, 0.1) is 12.7 Å². The summed E-state index contributed by atoms with van der Waals surface area (Å²) < 4.78 is 0. The van der Waals surface area contributed by atoms with Crippen LogP contribution in [0.5, 0.6) is 0 Å². The summed E-state index contributed by atoms with van der Waals surface area (Å²) in [7, 11) is 0. The Morgan fingerprint density at radius 2 is 1.53 bits per heavy atom. The number of carbonyl (C=O) groups excluding carboxylic acids is 1. The van der Waals surface area contributed by atoms with E-state index in [2.05, 4.69) is 37.8 Å². The number of aryl methyl sites for hydroxylation is 1. The van der Waals surface area contributed by atoms with Gasteiger partial charge in [0.2, 0.25) is 0 Å². The molecule has 2 aliphatic rings. The van der Waals surface area contributed by atoms with Gasteiger partial charge in [0.15, 0.2) is 0 Å². The van der Waals surface area contributed by atoms with Gasteiger partial charge in [-0.1, -0.05) is 50.6 Å². The van der Waals surface area contributed by atoms with Crippen LogP contribution in [0.4, 0.5) is 0 Å². The van der Waals surface area contributed by atoms with Crippen molar-refractivity contribution in [2.75, 3.05) is 6.61 Å². The van der Waals surface area contributed by atoms with E-state index >= 15 is 0 Å². The van der Waals surface area contributed by atoms with E-state index in [-0.39, 0.29) is 18.3 Å². The summed E-state index contributed by atoms with van der Waals surface area (Å²) >= 11 is 0. The molecular weight excluding hydrogens is 372 g/mol. The van der Waals surface area contributed by atoms with Crippen molar-refractivity contribution in [3.05, 3.63) is 47.5 Å². The van der Waals surface area contributed by atoms with Gasteiger partial charge in [-0.25, -0.2) is 0 Å². The number of rotatable bonds is 8. The van der Waals surface area contributed by atoms with Crippen LogP contribution in [0, 0.1) is 11.8 Å². The fourth-order valence-corrected chi connectivity index (χ4v) is 5.07. The number of hydrogen-bond acceptors (Lipinski definition) is 3. The Balaban J connectivity index is 0.000000469. The van der Waals surface area contributed by atoms with Crippen molar-refractivity contribution in [2.45, 2.75) is 96.0 Å². The molecule has 2 saturated carbocycles. The highest BCUT2D eigenvalue weighted by molar-refractivity contribution is 5.72. The normalized spacial score (nSPS) is 26.4. The minimum absolute atomic E-state index is 0.00608. The minimum Gasteiger partial charge on any atom is -0.393 e. The number of unbranched alkanes of at least 4 members (excludes halogenated alkanes) is 2. The molecule has 0 amide bonds. The van der Waals surface area contributed by atoms with Gasteiger partial charge in [-0.05, 0) is 93.1 Å². The van der Waals surface area contributed by atoms with Gasteiger partial charge in [0, 0.05) is 5.57 Å². The number of aliphatic hydroxyl groups excluding tert-OH is 2. The summed E-state index contributed by atoms with van der Waals surface area (Å²) in [6, 6.07) is 9.56. The van der Waals surface area contributed by atoms with Gasteiger partial charge in [0.25, 0.3) is 0 Å². The molecule has 0 atom stereocenters. The number of carbonyl (C=O) groups is 1. The average molecular weight is 415 g/mol. The zero-order valence-electron chi connectivity index (χ0n) is 18.9. The maximum atomic E-state index is 9.71. The van der Waals surface area contributed by atoms with Gasteiger partial charge >= 0.3 is 0 Å². The first-order chi connectivity index (χ1) is 14.6. The number of aliphatic hydroxyl groups is 2. The molecule has 0 aliphatic heterocycles. The van der Waals surface area contributed by atoms with E-state index in [9.17, 15) is 9.90 Å². The van der Waals surface area contributed by atoms with Crippen molar-refractivity contribution in [3.8, 4) is 0 Å². The molecule has 0 heterocycles. The van der Waals surface area contributed by atoms with Crippen LogP contribution in [0.1, 0.15) is 94.6 Å². The lowest BCUT2D eigenvalue weighted by Gasteiger charge is -2.37. The predicted octanol–water partition coefficient (Wildman–Crippen LogP) is 5.98. The van der Waals surface area contributed by atoms with E-state index in [1.807, 2.05) is 0 Å². The molecule has 0 aromatic heterocycles. The van der Waals surface area contributed by atoms with Crippen molar-refractivity contribution >= 4 is 6.29 Å². The standard InChI is InChI=1S/C23H36O.C4H6O2/c1-2-3-4-5-18-6-8-19(9-7-18)20-10-12-21(13-11-20)22-14-16-23(24)17-15-22;1-4(2-5)3-6/h6-9,20-24H,2-5,10-17H2,1H3;2,6H,1,3H2. The first-order valence-electron chi connectivity index (χ1n) is 12.1. The van der Waals surface area contributed by atoms with Crippen LogP contribution in [0.15, 0.2) is 36.4 Å². The third-order valence-electron chi connectivity index (χ3n) is 7.07. The third kappa shape index (κ3) is 8.35. The molecule has 0 unspecified atom stereocenters. The van der Waals surface area contributed by atoms with Gasteiger partial charge in [-0.15, -0.1) is 0 Å². The zero-order valence-corrected chi connectivity index (χ0v) is 18.9. The lowest BCUT2D eigenvalue weighted by atomic mass is 9.69. The lowest BCUT2D eigenvalue weighted by Crippen LogP contribution is -2.27. The van der Waals surface area contributed by atoms with E-state index in [1.165, 1.54) is 69.8 Å². The summed E-state index contributed by atoms with van der Waals surface area (Å²) in [4.78, 5) is 9.48. The molecule has 168 valence electrons. The van der Waals surface area contributed by atoms with Crippen molar-refractivity contribution in [1.82, 2.24) is 0 Å². The number of hydrogen-bond donors (Lipinski definition) is 2. The summed E-state index contributed by atoms with van der Waals surface area (Å²) in [6.07, 6.45) is 15.9. The maximum Gasteiger partial charge on any atom is 0.147 e. The Labute approximate surface area is 183 Å². The van der Waals surface area contributed by atoms with Crippen LogP contribution in [-0.2, 0) is 11.2 Å². The summed E-state index contributed by atoms with van der Waals surface area (Å²) in [5.41, 5.74) is 3.31.